The van der Waals surface area contributed by atoms with Crippen molar-refractivity contribution in [3.63, 3.8) is 0 Å². The lowest BCUT2D eigenvalue weighted by Gasteiger charge is -2.37. The number of amides is 3. The molecule has 6 nitrogen and oxygen atoms in total. The van der Waals surface area contributed by atoms with Gasteiger partial charge in [-0.15, -0.1) is 0 Å². The standard InChI is InChI=1S/C19H29ClN4O2/c1-13(2)17(18(25)21-14(3)4)22-19(26)24-11-9-23(10-12-24)16-7-5-15(20)6-8-16/h5-8,13-14,17H,9-12H2,1-4H3,(H,21,25)(H,22,26). The van der Waals surface area contributed by atoms with Crippen LogP contribution in [0.15, 0.2) is 24.3 Å². The second-order valence-electron chi connectivity index (χ2n) is 7.28. The van der Waals surface area contributed by atoms with E-state index in [1.807, 2.05) is 52.0 Å². The average molecular weight is 381 g/mol. The van der Waals surface area contributed by atoms with Crippen molar-refractivity contribution in [3.8, 4) is 0 Å². The lowest BCUT2D eigenvalue weighted by atomic mass is 10.0. The molecule has 1 heterocycles. The first-order valence-electron chi connectivity index (χ1n) is 9.14. The zero-order chi connectivity index (χ0) is 19.3. The van der Waals surface area contributed by atoms with Crippen LogP contribution >= 0.6 is 11.6 Å². The average Bonchev–Trinajstić information content (AvgIpc) is 2.59. The first kappa shape index (κ1) is 20.4. The van der Waals surface area contributed by atoms with Gasteiger partial charge in [0.15, 0.2) is 0 Å². The normalized spacial score (nSPS) is 16.0. The number of rotatable bonds is 5. The number of piperazine rings is 1. The Morgan fingerprint density at radius 1 is 0.962 bits per heavy atom. The second kappa shape index (κ2) is 9.12. The molecule has 0 aromatic heterocycles. The molecule has 2 N–H and O–H groups in total. The zero-order valence-corrected chi connectivity index (χ0v) is 16.7. The second-order valence-corrected chi connectivity index (χ2v) is 7.72. The molecule has 1 aliphatic rings. The molecule has 144 valence electrons. The summed E-state index contributed by atoms with van der Waals surface area (Å²) in [5, 5.41) is 6.48. The number of halogens is 1. The van der Waals surface area contributed by atoms with Gasteiger partial charge in [0.1, 0.15) is 6.04 Å². The van der Waals surface area contributed by atoms with Gasteiger partial charge in [-0.3, -0.25) is 4.79 Å². The number of carbonyl (C=O) groups excluding carboxylic acids is 2. The SMILES string of the molecule is CC(C)NC(=O)C(NC(=O)N1CCN(c2ccc(Cl)cc2)CC1)C(C)C. The number of nitrogens with one attached hydrogen (secondary N) is 2. The summed E-state index contributed by atoms with van der Waals surface area (Å²) in [6.45, 7) is 10.4. The fourth-order valence-corrected chi connectivity index (χ4v) is 3.08. The summed E-state index contributed by atoms with van der Waals surface area (Å²) in [5.74, 6) is -0.115. The third kappa shape index (κ3) is 5.53. The molecule has 0 bridgehead atoms. The number of carbonyl (C=O) groups is 2. The minimum absolute atomic E-state index is 0.0213. The van der Waals surface area contributed by atoms with Crippen molar-refractivity contribution in [2.45, 2.75) is 39.8 Å². The van der Waals surface area contributed by atoms with Gasteiger partial charge < -0.3 is 20.4 Å². The number of anilines is 1. The van der Waals surface area contributed by atoms with Crippen LogP contribution in [-0.2, 0) is 4.79 Å². The van der Waals surface area contributed by atoms with Gasteiger partial charge in [-0.05, 0) is 44.0 Å². The maximum atomic E-state index is 12.6. The molecule has 3 amide bonds. The molecule has 0 spiro atoms. The molecule has 1 fully saturated rings. The van der Waals surface area contributed by atoms with Gasteiger partial charge in [-0.1, -0.05) is 25.4 Å². The molecule has 7 heteroatoms. The summed E-state index contributed by atoms with van der Waals surface area (Å²) in [6, 6.07) is 7.06. The van der Waals surface area contributed by atoms with E-state index in [0.717, 1.165) is 18.8 Å². The number of hydrogen-bond donors (Lipinski definition) is 2. The molecule has 1 aliphatic heterocycles. The molecule has 1 aromatic carbocycles. The molecular formula is C19H29ClN4O2. The monoisotopic (exact) mass is 380 g/mol. The van der Waals surface area contributed by atoms with E-state index in [9.17, 15) is 9.59 Å². The van der Waals surface area contributed by atoms with Crippen molar-refractivity contribution in [1.29, 1.82) is 0 Å². The summed E-state index contributed by atoms with van der Waals surface area (Å²) in [5.41, 5.74) is 1.10. The van der Waals surface area contributed by atoms with Crippen molar-refractivity contribution in [1.82, 2.24) is 15.5 Å². The van der Waals surface area contributed by atoms with E-state index < -0.39 is 6.04 Å². The van der Waals surface area contributed by atoms with Gasteiger partial charge in [0, 0.05) is 42.9 Å². The van der Waals surface area contributed by atoms with E-state index >= 15 is 0 Å². The van der Waals surface area contributed by atoms with Crippen LogP contribution in [0.25, 0.3) is 0 Å². The number of nitrogens with zero attached hydrogens (tertiary/aromatic N) is 2. The van der Waals surface area contributed by atoms with Crippen LogP contribution in [0.2, 0.25) is 5.02 Å². The third-order valence-electron chi connectivity index (χ3n) is 4.42. The summed E-state index contributed by atoms with van der Waals surface area (Å²) in [6.07, 6.45) is 0. The first-order chi connectivity index (χ1) is 12.3. The number of benzene rings is 1. The molecule has 0 saturated carbocycles. The zero-order valence-electron chi connectivity index (χ0n) is 16.0. The molecular weight excluding hydrogens is 352 g/mol. The third-order valence-corrected chi connectivity index (χ3v) is 4.67. The Morgan fingerprint density at radius 2 is 1.54 bits per heavy atom. The highest BCUT2D eigenvalue weighted by molar-refractivity contribution is 6.30. The quantitative estimate of drug-likeness (QED) is 0.825. The predicted octanol–water partition coefficient (Wildman–Crippen LogP) is 2.72. The van der Waals surface area contributed by atoms with Crippen molar-refractivity contribution in [3.05, 3.63) is 29.3 Å². The molecule has 26 heavy (non-hydrogen) atoms. The Morgan fingerprint density at radius 3 is 2.04 bits per heavy atom. The minimum Gasteiger partial charge on any atom is -0.368 e. The van der Waals surface area contributed by atoms with E-state index in [1.165, 1.54) is 0 Å². The topological polar surface area (TPSA) is 64.7 Å². The fraction of sp³-hybridized carbons (Fsp3) is 0.579. The van der Waals surface area contributed by atoms with Crippen molar-refractivity contribution in [2.24, 2.45) is 5.92 Å². The smallest absolute Gasteiger partial charge is 0.318 e. The highest BCUT2D eigenvalue weighted by Crippen LogP contribution is 2.19. The Hall–Kier alpha value is -1.95. The van der Waals surface area contributed by atoms with Crippen molar-refractivity contribution >= 4 is 29.2 Å². The molecule has 1 unspecified atom stereocenters. The maximum Gasteiger partial charge on any atom is 0.318 e. The highest BCUT2D eigenvalue weighted by Gasteiger charge is 2.28. The molecule has 0 radical (unpaired) electrons. The van der Waals surface area contributed by atoms with Crippen LogP contribution in [0.3, 0.4) is 0 Å². The Kier molecular flexibility index (Phi) is 7.14. The van der Waals surface area contributed by atoms with Crippen LogP contribution in [0.4, 0.5) is 10.5 Å². The highest BCUT2D eigenvalue weighted by atomic mass is 35.5. The number of hydrogen-bond acceptors (Lipinski definition) is 3. The van der Waals surface area contributed by atoms with E-state index in [4.69, 9.17) is 11.6 Å². The maximum absolute atomic E-state index is 12.6. The summed E-state index contributed by atoms with van der Waals surface area (Å²) in [7, 11) is 0. The van der Waals surface area contributed by atoms with Crippen LogP contribution in [0.5, 0.6) is 0 Å². The van der Waals surface area contributed by atoms with Gasteiger partial charge in [0.25, 0.3) is 0 Å². The van der Waals surface area contributed by atoms with Crippen LogP contribution in [0, 0.1) is 5.92 Å². The van der Waals surface area contributed by atoms with E-state index in [2.05, 4.69) is 15.5 Å². The van der Waals surface area contributed by atoms with Crippen molar-refractivity contribution in [2.75, 3.05) is 31.1 Å². The minimum atomic E-state index is -0.529. The van der Waals surface area contributed by atoms with Crippen LogP contribution in [-0.4, -0.2) is 55.1 Å². The van der Waals surface area contributed by atoms with Gasteiger partial charge >= 0.3 is 6.03 Å². The molecule has 1 saturated heterocycles. The van der Waals surface area contributed by atoms with Gasteiger partial charge in [-0.2, -0.15) is 0 Å². The molecule has 1 aromatic rings. The Balaban J connectivity index is 1.90. The first-order valence-corrected chi connectivity index (χ1v) is 9.52. The molecule has 2 rings (SSSR count). The molecule has 1 atom stereocenters. The summed E-state index contributed by atoms with van der Waals surface area (Å²) < 4.78 is 0. The lowest BCUT2D eigenvalue weighted by Crippen LogP contribution is -2.57. The van der Waals surface area contributed by atoms with E-state index in [1.54, 1.807) is 4.90 Å². The van der Waals surface area contributed by atoms with Crippen LogP contribution < -0.4 is 15.5 Å². The van der Waals surface area contributed by atoms with Crippen LogP contribution in [0.1, 0.15) is 27.7 Å². The lowest BCUT2D eigenvalue weighted by molar-refractivity contribution is -0.124. The van der Waals surface area contributed by atoms with Crippen molar-refractivity contribution < 1.29 is 9.59 Å². The van der Waals surface area contributed by atoms with Gasteiger partial charge in [0.2, 0.25) is 5.91 Å². The number of urea groups is 1. The largest absolute Gasteiger partial charge is 0.368 e. The van der Waals surface area contributed by atoms with E-state index in [0.29, 0.717) is 18.1 Å². The fourth-order valence-electron chi connectivity index (χ4n) is 2.95. The Labute approximate surface area is 160 Å². The van der Waals surface area contributed by atoms with E-state index in [-0.39, 0.29) is 23.9 Å². The Bertz CT molecular complexity index is 610. The molecule has 0 aliphatic carbocycles. The summed E-state index contributed by atoms with van der Waals surface area (Å²) >= 11 is 5.93. The van der Waals surface area contributed by atoms with Gasteiger partial charge in [-0.25, -0.2) is 4.79 Å². The van der Waals surface area contributed by atoms with Gasteiger partial charge in [0.05, 0.1) is 0 Å². The predicted molar refractivity (Wildman–Crippen MR) is 106 cm³/mol. The summed E-state index contributed by atoms with van der Waals surface area (Å²) in [4.78, 5) is 28.9.